The fourth-order valence-corrected chi connectivity index (χ4v) is 1.86. The van der Waals surface area contributed by atoms with Crippen LogP contribution in [-0.2, 0) is 11.3 Å². The normalized spacial score (nSPS) is 18.1. The summed E-state index contributed by atoms with van der Waals surface area (Å²) in [5.74, 6) is 0. The summed E-state index contributed by atoms with van der Waals surface area (Å²) in [6.07, 6.45) is 0. The molecule has 3 N–H and O–H groups in total. The van der Waals surface area contributed by atoms with E-state index in [0.717, 1.165) is 26.3 Å². The molecule has 0 spiro atoms. The molecular weight excluding hydrogens is 200 g/mol. The van der Waals surface area contributed by atoms with Crippen LogP contribution in [0.1, 0.15) is 11.1 Å². The van der Waals surface area contributed by atoms with Crippen molar-refractivity contribution in [2.45, 2.75) is 13.5 Å². The van der Waals surface area contributed by atoms with Crippen molar-refractivity contribution in [1.82, 2.24) is 5.32 Å². The molecule has 0 unspecified atom stereocenters. The molecule has 1 heterocycles. The van der Waals surface area contributed by atoms with Crippen molar-refractivity contribution in [3.05, 3.63) is 35.4 Å². The van der Waals surface area contributed by atoms with Gasteiger partial charge in [-0.25, -0.2) is 0 Å². The molecule has 1 saturated heterocycles. The molecule has 1 aliphatic rings. The molecule has 1 aliphatic heterocycles. The lowest BCUT2D eigenvalue weighted by molar-refractivity contribution is -0.105. The van der Waals surface area contributed by atoms with Gasteiger partial charge in [-0.05, 0) is 12.5 Å². The van der Waals surface area contributed by atoms with Crippen LogP contribution in [0.25, 0.3) is 0 Å². The number of hydrogen-bond donors (Lipinski definition) is 2. The van der Waals surface area contributed by atoms with Gasteiger partial charge in [0.2, 0.25) is 0 Å². The van der Waals surface area contributed by atoms with Gasteiger partial charge in [-0.2, -0.15) is 0 Å². The molecule has 0 atom stereocenters. The highest BCUT2D eigenvalue weighted by atomic mass is 16.5. The Hall–Kier alpha value is -0.900. The third kappa shape index (κ3) is 2.61. The molecule has 0 bridgehead atoms. The molecule has 16 heavy (non-hydrogen) atoms. The fraction of sp³-hybridized carbons (Fsp3) is 0.538. The molecule has 0 aliphatic carbocycles. The molecular formula is C13H20N2O. The summed E-state index contributed by atoms with van der Waals surface area (Å²) in [5.41, 5.74) is 8.55. The zero-order chi connectivity index (χ0) is 11.4. The zero-order valence-electron chi connectivity index (χ0n) is 9.83. The summed E-state index contributed by atoms with van der Waals surface area (Å²) in [4.78, 5) is 0. The summed E-state index contributed by atoms with van der Waals surface area (Å²) in [6.45, 7) is 6.24. The van der Waals surface area contributed by atoms with Crippen molar-refractivity contribution < 1.29 is 4.74 Å². The van der Waals surface area contributed by atoms with Gasteiger partial charge in [0.1, 0.15) is 0 Å². The number of ether oxygens (including phenoxy) is 1. The minimum Gasteiger partial charge on any atom is -0.380 e. The van der Waals surface area contributed by atoms with E-state index in [1.54, 1.807) is 0 Å². The number of hydrogen-bond acceptors (Lipinski definition) is 3. The van der Waals surface area contributed by atoms with E-state index in [9.17, 15) is 0 Å². The Morgan fingerprint density at radius 3 is 2.50 bits per heavy atom. The fourth-order valence-electron chi connectivity index (χ4n) is 1.86. The average molecular weight is 220 g/mol. The second-order valence-corrected chi connectivity index (χ2v) is 4.79. The van der Waals surface area contributed by atoms with Crippen molar-refractivity contribution >= 4 is 0 Å². The van der Waals surface area contributed by atoms with Crippen molar-refractivity contribution in [3.8, 4) is 0 Å². The van der Waals surface area contributed by atoms with Gasteiger partial charge in [0, 0.05) is 25.0 Å². The number of aryl methyl sites for hydroxylation is 1. The summed E-state index contributed by atoms with van der Waals surface area (Å²) in [5, 5.41) is 3.45. The van der Waals surface area contributed by atoms with E-state index >= 15 is 0 Å². The third-order valence-corrected chi connectivity index (χ3v) is 3.20. The van der Waals surface area contributed by atoms with Crippen molar-refractivity contribution in [2.24, 2.45) is 11.1 Å². The highest BCUT2D eigenvalue weighted by Crippen LogP contribution is 2.24. The van der Waals surface area contributed by atoms with Crippen LogP contribution in [0.15, 0.2) is 24.3 Å². The lowest BCUT2D eigenvalue weighted by atomic mass is 9.86. The van der Waals surface area contributed by atoms with Gasteiger partial charge < -0.3 is 15.8 Å². The van der Waals surface area contributed by atoms with Gasteiger partial charge in [-0.15, -0.1) is 0 Å². The van der Waals surface area contributed by atoms with Crippen molar-refractivity contribution in [1.29, 1.82) is 0 Å². The van der Waals surface area contributed by atoms with Crippen LogP contribution in [0.3, 0.4) is 0 Å². The smallest absolute Gasteiger partial charge is 0.0569 e. The standard InChI is InChI=1S/C13H20N2O/c1-11-2-4-12(5-3-11)6-15-8-13(7-14)9-16-10-13/h2-5,15H,6-10,14H2,1H3. The molecule has 88 valence electrons. The maximum atomic E-state index is 5.75. The van der Waals surface area contributed by atoms with E-state index in [2.05, 4.69) is 36.5 Å². The van der Waals surface area contributed by atoms with Crippen LogP contribution in [-0.4, -0.2) is 26.3 Å². The Kier molecular flexibility index (Phi) is 3.59. The lowest BCUT2D eigenvalue weighted by Crippen LogP contribution is -2.54. The minimum atomic E-state index is 0.185. The Morgan fingerprint density at radius 2 is 2.00 bits per heavy atom. The summed E-state index contributed by atoms with van der Waals surface area (Å²) >= 11 is 0. The van der Waals surface area contributed by atoms with Gasteiger partial charge in [0.25, 0.3) is 0 Å². The van der Waals surface area contributed by atoms with Gasteiger partial charge in [0.05, 0.1) is 13.2 Å². The monoisotopic (exact) mass is 220 g/mol. The largest absolute Gasteiger partial charge is 0.380 e. The highest BCUT2D eigenvalue weighted by molar-refractivity contribution is 5.21. The summed E-state index contributed by atoms with van der Waals surface area (Å²) < 4.78 is 5.23. The van der Waals surface area contributed by atoms with E-state index < -0.39 is 0 Å². The average Bonchev–Trinajstić information content (AvgIpc) is 2.25. The second-order valence-electron chi connectivity index (χ2n) is 4.79. The molecule has 1 fully saturated rings. The topological polar surface area (TPSA) is 47.3 Å². The van der Waals surface area contributed by atoms with Crippen LogP contribution in [0, 0.1) is 12.3 Å². The zero-order valence-corrected chi connectivity index (χ0v) is 9.83. The van der Waals surface area contributed by atoms with Crippen LogP contribution >= 0.6 is 0 Å². The van der Waals surface area contributed by atoms with Crippen molar-refractivity contribution in [2.75, 3.05) is 26.3 Å². The van der Waals surface area contributed by atoms with Gasteiger partial charge in [-0.3, -0.25) is 0 Å². The van der Waals surface area contributed by atoms with Crippen molar-refractivity contribution in [3.63, 3.8) is 0 Å². The number of rotatable bonds is 5. The minimum absolute atomic E-state index is 0.185. The molecule has 0 aromatic heterocycles. The molecule has 1 aromatic rings. The predicted molar refractivity (Wildman–Crippen MR) is 65.2 cm³/mol. The molecule has 0 radical (unpaired) electrons. The van der Waals surface area contributed by atoms with Crippen LogP contribution in [0.5, 0.6) is 0 Å². The Morgan fingerprint density at radius 1 is 1.31 bits per heavy atom. The van der Waals surface area contributed by atoms with E-state index in [0.29, 0.717) is 6.54 Å². The van der Waals surface area contributed by atoms with Gasteiger partial charge in [-0.1, -0.05) is 29.8 Å². The Bertz CT molecular complexity index is 325. The first-order valence-corrected chi connectivity index (χ1v) is 5.78. The molecule has 0 saturated carbocycles. The Balaban J connectivity index is 1.77. The van der Waals surface area contributed by atoms with E-state index in [1.807, 2.05) is 0 Å². The van der Waals surface area contributed by atoms with Gasteiger partial charge >= 0.3 is 0 Å². The molecule has 2 rings (SSSR count). The molecule has 3 nitrogen and oxygen atoms in total. The maximum Gasteiger partial charge on any atom is 0.0569 e. The highest BCUT2D eigenvalue weighted by Gasteiger charge is 2.36. The van der Waals surface area contributed by atoms with Crippen LogP contribution in [0.2, 0.25) is 0 Å². The van der Waals surface area contributed by atoms with E-state index in [-0.39, 0.29) is 5.41 Å². The predicted octanol–water partition coefficient (Wildman–Crippen LogP) is 1.06. The first-order valence-electron chi connectivity index (χ1n) is 5.78. The van der Waals surface area contributed by atoms with E-state index in [1.165, 1.54) is 11.1 Å². The first-order chi connectivity index (χ1) is 7.74. The quantitative estimate of drug-likeness (QED) is 0.780. The SMILES string of the molecule is Cc1ccc(CNCC2(CN)COC2)cc1. The number of nitrogens with two attached hydrogens (primary N) is 1. The molecule has 1 aromatic carbocycles. The summed E-state index contributed by atoms with van der Waals surface area (Å²) in [7, 11) is 0. The first kappa shape index (κ1) is 11.6. The van der Waals surface area contributed by atoms with Crippen LogP contribution in [0.4, 0.5) is 0 Å². The molecule has 0 amide bonds. The lowest BCUT2D eigenvalue weighted by Gasteiger charge is -2.40. The maximum absolute atomic E-state index is 5.75. The second kappa shape index (κ2) is 4.95. The summed E-state index contributed by atoms with van der Waals surface area (Å²) in [6, 6.07) is 8.60. The van der Waals surface area contributed by atoms with E-state index in [4.69, 9.17) is 10.5 Å². The molecule has 3 heteroatoms. The number of nitrogens with one attached hydrogen (secondary N) is 1. The van der Waals surface area contributed by atoms with Gasteiger partial charge in [0.15, 0.2) is 0 Å². The Labute approximate surface area is 97.0 Å². The third-order valence-electron chi connectivity index (χ3n) is 3.20. The number of benzene rings is 1. The van der Waals surface area contributed by atoms with Crippen LogP contribution < -0.4 is 11.1 Å².